The topological polar surface area (TPSA) is 9.23 Å². The van der Waals surface area contributed by atoms with Gasteiger partial charge in [-0.25, -0.2) is 0 Å². The van der Waals surface area contributed by atoms with Crippen LogP contribution in [-0.4, -0.2) is 17.1 Å². The van der Waals surface area contributed by atoms with Crippen molar-refractivity contribution in [2.45, 2.75) is 59.0 Å². The van der Waals surface area contributed by atoms with Crippen molar-refractivity contribution in [1.29, 1.82) is 0 Å². The standard InChI is InChI=1S/C16H29IO/c1-14(8-6-9-15(2)11-13-17)10-7-12-16(3,4)18-5/h6,9,11,14H,7-8,10,12-13H2,1-5H3. The van der Waals surface area contributed by atoms with Crippen molar-refractivity contribution in [2.24, 2.45) is 5.92 Å². The van der Waals surface area contributed by atoms with Crippen molar-refractivity contribution in [3.05, 3.63) is 23.8 Å². The highest BCUT2D eigenvalue weighted by atomic mass is 127. The smallest absolute Gasteiger partial charge is 0.0622 e. The molecule has 0 aliphatic carbocycles. The second-order valence-corrected chi connectivity index (χ2v) is 6.58. The summed E-state index contributed by atoms with van der Waals surface area (Å²) in [6.45, 7) is 8.83. The van der Waals surface area contributed by atoms with Crippen molar-refractivity contribution in [1.82, 2.24) is 0 Å². The summed E-state index contributed by atoms with van der Waals surface area (Å²) in [6, 6.07) is 0. The molecule has 0 rings (SSSR count). The van der Waals surface area contributed by atoms with Gasteiger partial charge in [-0.1, -0.05) is 66.2 Å². The maximum Gasteiger partial charge on any atom is 0.0622 e. The molecule has 0 aromatic heterocycles. The summed E-state index contributed by atoms with van der Waals surface area (Å²) < 4.78 is 6.53. The molecule has 1 atom stereocenters. The molecule has 0 aliphatic rings. The van der Waals surface area contributed by atoms with Crippen molar-refractivity contribution < 1.29 is 4.74 Å². The van der Waals surface area contributed by atoms with Crippen LogP contribution >= 0.6 is 22.6 Å². The Hall–Kier alpha value is 0.170. The van der Waals surface area contributed by atoms with E-state index in [4.69, 9.17) is 4.74 Å². The van der Waals surface area contributed by atoms with E-state index >= 15 is 0 Å². The molecule has 1 unspecified atom stereocenters. The SMILES string of the molecule is COC(C)(C)CCCC(C)CC=CC(C)=CCI. The third-order valence-electron chi connectivity index (χ3n) is 3.35. The van der Waals surface area contributed by atoms with Gasteiger partial charge in [0, 0.05) is 11.5 Å². The quantitative estimate of drug-likeness (QED) is 0.296. The van der Waals surface area contributed by atoms with Crippen molar-refractivity contribution in [2.75, 3.05) is 11.5 Å². The lowest BCUT2D eigenvalue weighted by Crippen LogP contribution is -2.22. The van der Waals surface area contributed by atoms with Gasteiger partial charge in [-0.05, 0) is 39.5 Å². The Balaban J connectivity index is 3.79. The number of hydrogen-bond acceptors (Lipinski definition) is 1. The number of alkyl halides is 1. The van der Waals surface area contributed by atoms with Gasteiger partial charge in [-0.3, -0.25) is 0 Å². The molecule has 0 saturated carbocycles. The molecular weight excluding hydrogens is 335 g/mol. The predicted molar refractivity (Wildman–Crippen MR) is 90.5 cm³/mol. The van der Waals surface area contributed by atoms with Crippen LogP contribution in [0.2, 0.25) is 0 Å². The van der Waals surface area contributed by atoms with E-state index in [0.717, 1.165) is 16.8 Å². The summed E-state index contributed by atoms with van der Waals surface area (Å²) in [5.74, 6) is 0.765. The summed E-state index contributed by atoms with van der Waals surface area (Å²) in [6.07, 6.45) is 11.7. The molecule has 0 N–H and O–H groups in total. The fourth-order valence-corrected chi connectivity index (χ4v) is 2.47. The average Bonchev–Trinajstić information content (AvgIpc) is 2.29. The van der Waals surface area contributed by atoms with Gasteiger partial charge in [-0.15, -0.1) is 0 Å². The molecule has 1 nitrogen and oxygen atoms in total. The lowest BCUT2D eigenvalue weighted by atomic mass is 9.95. The largest absolute Gasteiger partial charge is 0.379 e. The molecule has 18 heavy (non-hydrogen) atoms. The van der Waals surface area contributed by atoms with Crippen molar-refractivity contribution in [3.8, 4) is 0 Å². The summed E-state index contributed by atoms with van der Waals surface area (Å²) in [7, 11) is 1.80. The van der Waals surface area contributed by atoms with E-state index in [1.165, 1.54) is 24.8 Å². The van der Waals surface area contributed by atoms with E-state index in [-0.39, 0.29) is 5.60 Å². The Kier molecular flexibility index (Phi) is 10.1. The Labute approximate surface area is 127 Å². The van der Waals surface area contributed by atoms with Crippen molar-refractivity contribution in [3.63, 3.8) is 0 Å². The average molecular weight is 364 g/mol. The number of ether oxygens (including phenoxy) is 1. The molecule has 0 aliphatic heterocycles. The molecule has 106 valence electrons. The number of hydrogen-bond donors (Lipinski definition) is 0. The van der Waals surface area contributed by atoms with Crippen LogP contribution in [0.3, 0.4) is 0 Å². The van der Waals surface area contributed by atoms with Crippen LogP contribution < -0.4 is 0 Å². The van der Waals surface area contributed by atoms with Gasteiger partial charge in [0.1, 0.15) is 0 Å². The van der Waals surface area contributed by atoms with Crippen LogP contribution in [0.1, 0.15) is 53.4 Å². The Morgan fingerprint density at radius 3 is 2.61 bits per heavy atom. The highest BCUT2D eigenvalue weighted by Crippen LogP contribution is 2.20. The van der Waals surface area contributed by atoms with Crippen LogP contribution in [0, 0.1) is 5.92 Å². The highest BCUT2D eigenvalue weighted by molar-refractivity contribution is 14.1. The first-order valence-electron chi connectivity index (χ1n) is 6.85. The maximum atomic E-state index is 5.44. The molecular formula is C16H29IO. The van der Waals surface area contributed by atoms with E-state index in [0.29, 0.717) is 0 Å². The van der Waals surface area contributed by atoms with Crippen LogP contribution in [0.4, 0.5) is 0 Å². The van der Waals surface area contributed by atoms with Crippen molar-refractivity contribution >= 4 is 22.6 Å². The zero-order valence-corrected chi connectivity index (χ0v) is 14.8. The molecule has 0 bridgehead atoms. The normalized spacial score (nSPS) is 15.3. The fourth-order valence-electron chi connectivity index (χ4n) is 1.77. The second kappa shape index (κ2) is 10.0. The molecule has 0 amide bonds. The highest BCUT2D eigenvalue weighted by Gasteiger charge is 2.15. The Bertz CT molecular complexity index is 266. The lowest BCUT2D eigenvalue weighted by molar-refractivity contribution is 0.0128. The Morgan fingerprint density at radius 2 is 2.06 bits per heavy atom. The van der Waals surface area contributed by atoms with Gasteiger partial charge < -0.3 is 4.74 Å². The van der Waals surface area contributed by atoms with Gasteiger partial charge in [-0.2, -0.15) is 0 Å². The third kappa shape index (κ3) is 10.1. The second-order valence-electron chi connectivity index (χ2n) is 5.70. The van der Waals surface area contributed by atoms with Gasteiger partial charge in [0.15, 0.2) is 0 Å². The van der Waals surface area contributed by atoms with Gasteiger partial charge in [0.25, 0.3) is 0 Å². The van der Waals surface area contributed by atoms with Gasteiger partial charge >= 0.3 is 0 Å². The zero-order valence-electron chi connectivity index (χ0n) is 12.6. The molecule has 0 aromatic carbocycles. The third-order valence-corrected chi connectivity index (χ3v) is 3.79. The molecule has 0 heterocycles. The maximum absolute atomic E-state index is 5.44. The van der Waals surface area contributed by atoms with E-state index in [1.54, 1.807) is 7.11 Å². The summed E-state index contributed by atoms with van der Waals surface area (Å²) in [5, 5.41) is 0. The first-order valence-corrected chi connectivity index (χ1v) is 8.38. The zero-order chi connectivity index (χ0) is 14.0. The van der Waals surface area contributed by atoms with E-state index in [2.05, 4.69) is 68.5 Å². The van der Waals surface area contributed by atoms with E-state index in [1.807, 2.05) is 0 Å². The molecule has 2 heteroatoms. The lowest BCUT2D eigenvalue weighted by Gasteiger charge is -2.23. The number of allylic oxidation sites excluding steroid dienone is 4. The van der Waals surface area contributed by atoms with Crippen LogP contribution in [0.5, 0.6) is 0 Å². The minimum Gasteiger partial charge on any atom is -0.379 e. The number of methoxy groups -OCH3 is 1. The summed E-state index contributed by atoms with van der Waals surface area (Å²) in [4.78, 5) is 0. The predicted octanol–water partition coefficient (Wildman–Crippen LogP) is 5.55. The van der Waals surface area contributed by atoms with E-state index < -0.39 is 0 Å². The molecule has 0 aromatic rings. The van der Waals surface area contributed by atoms with Crippen LogP contribution in [-0.2, 0) is 4.74 Å². The number of rotatable bonds is 9. The van der Waals surface area contributed by atoms with Crippen LogP contribution in [0.25, 0.3) is 0 Å². The summed E-state index contributed by atoms with van der Waals surface area (Å²) >= 11 is 2.37. The first-order chi connectivity index (χ1) is 8.41. The molecule has 0 saturated heterocycles. The fraction of sp³-hybridized carbons (Fsp3) is 0.750. The molecule has 0 spiro atoms. The Morgan fingerprint density at radius 1 is 1.39 bits per heavy atom. The summed E-state index contributed by atoms with van der Waals surface area (Å²) in [5.41, 5.74) is 1.41. The monoisotopic (exact) mass is 364 g/mol. The number of halogens is 1. The van der Waals surface area contributed by atoms with Gasteiger partial charge in [0.05, 0.1) is 5.60 Å². The first kappa shape index (κ1) is 18.2. The van der Waals surface area contributed by atoms with Crippen LogP contribution in [0.15, 0.2) is 23.8 Å². The molecule has 0 radical (unpaired) electrons. The molecule has 0 fully saturated rings. The minimum atomic E-state index is 0.0369. The van der Waals surface area contributed by atoms with Gasteiger partial charge in [0.2, 0.25) is 0 Å². The minimum absolute atomic E-state index is 0.0369. The van der Waals surface area contributed by atoms with E-state index in [9.17, 15) is 0 Å².